The lowest BCUT2D eigenvalue weighted by Gasteiger charge is -2.33. The molecule has 1 aromatic heterocycles. The van der Waals surface area contributed by atoms with Crippen molar-refractivity contribution in [2.24, 2.45) is 5.41 Å². The second-order valence-electron chi connectivity index (χ2n) is 5.44. The quantitative estimate of drug-likeness (QED) is 0.855. The van der Waals surface area contributed by atoms with Gasteiger partial charge in [0, 0.05) is 18.1 Å². The average molecular weight is 284 g/mol. The van der Waals surface area contributed by atoms with E-state index in [1.807, 2.05) is 56.3 Å². The van der Waals surface area contributed by atoms with Gasteiger partial charge in [-0.3, -0.25) is 9.78 Å². The third-order valence-corrected chi connectivity index (χ3v) is 3.54. The van der Waals surface area contributed by atoms with E-state index in [0.29, 0.717) is 0 Å². The van der Waals surface area contributed by atoms with Gasteiger partial charge in [0.05, 0.1) is 18.6 Å². The molecule has 4 nitrogen and oxygen atoms in total. The predicted octanol–water partition coefficient (Wildman–Crippen LogP) is 3.43. The van der Waals surface area contributed by atoms with Crippen LogP contribution in [0.15, 0.2) is 54.9 Å². The number of hydrogen-bond acceptors (Lipinski definition) is 4. The minimum atomic E-state index is -0.729. The molecule has 110 valence electrons. The van der Waals surface area contributed by atoms with Crippen LogP contribution in [0.5, 0.6) is 0 Å². The van der Waals surface area contributed by atoms with Crippen molar-refractivity contribution in [3.8, 4) is 0 Å². The zero-order chi connectivity index (χ0) is 15.3. The lowest BCUT2D eigenvalue weighted by molar-refractivity contribution is -0.151. The molecule has 1 atom stereocenters. The summed E-state index contributed by atoms with van der Waals surface area (Å²) in [5.41, 5.74) is 1.16. The number of rotatable bonds is 5. The van der Waals surface area contributed by atoms with Gasteiger partial charge in [-0.25, -0.2) is 0 Å². The van der Waals surface area contributed by atoms with Crippen LogP contribution < -0.4 is 5.32 Å². The fourth-order valence-electron chi connectivity index (χ4n) is 2.31. The van der Waals surface area contributed by atoms with Gasteiger partial charge in [-0.2, -0.15) is 0 Å². The fraction of sp³-hybridized carbons (Fsp3) is 0.294. The van der Waals surface area contributed by atoms with E-state index in [2.05, 4.69) is 10.3 Å². The fourth-order valence-corrected chi connectivity index (χ4v) is 2.31. The number of nitrogens with one attached hydrogen (secondary N) is 1. The summed E-state index contributed by atoms with van der Waals surface area (Å²) in [6.07, 6.45) is 3.49. The molecule has 1 N–H and O–H groups in total. The van der Waals surface area contributed by atoms with Gasteiger partial charge in [-0.1, -0.05) is 24.3 Å². The van der Waals surface area contributed by atoms with E-state index in [0.717, 1.165) is 11.3 Å². The van der Waals surface area contributed by atoms with E-state index in [-0.39, 0.29) is 12.0 Å². The van der Waals surface area contributed by atoms with Gasteiger partial charge in [0.25, 0.3) is 0 Å². The number of nitrogens with zero attached hydrogens (tertiary/aromatic N) is 1. The van der Waals surface area contributed by atoms with Crippen LogP contribution in [0.4, 0.5) is 5.69 Å². The zero-order valence-corrected chi connectivity index (χ0v) is 12.5. The second kappa shape index (κ2) is 6.39. The lowest BCUT2D eigenvalue weighted by Crippen LogP contribution is -2.36. The molecule has 0 aliphatic rings. The first-order valence-corrected chi connectivity index (χ1v) is 6.85. The number of aromatic nitrogens is 1. The van der Waals surface area contributed by atoms with Gasteiger partial charge >= 0.3 is 5.97 Å². The number of pyridine rings is 1. The number of methoxy groups -OCH3 is 1. The van der Waals surface area contributed by atoms with Crippen molar-refractivity contribution in [3.05, 3.63) is 60.4 Å². The third-order valence-electron chi connectivity index (χ3n) is 3.54. The molecule has 0 amide bonds. The van der Waals surface area contributed by atoms with Crippen LogP contribution in [0.2, 0.25) is 0 Å². The molecule has 0 aliphatic carbocycles. The number of ether oxygens (including phenoxy) is 1. The number of benzene rings is 1. The van der Waals surface area contributed by atoms with Crippen molar-refractivity contribution in [3.63, 3.8) is 0 Å². The molecule has 4 heteroatoms. The van der Waals surface area contributed by atoms with Crippen molar-refractivity contribution in [1.82, 2.24) is 4.98 Å². The maximum atomic E-state index is 12.2. The normalized spacial score (nSPS) is 12.5. The third kappa shape index (κ3) is 3.40. The highest BCUT2D eigenvalue weighted by Gasteiger charge is 2.39. The Labute approximate surface area is 125 Å². The maximum absolute atomic E-state index is 12.2. The molecule has 1 unspecified atom stereocenters. The first-order chi connectivity index (χ1) is 10.1. The van der Waals surface area contributed by atoms with Crippen LogP contribution in [-0.2, 0) is 9.53 Å². The van der Waals surface area contributed by atoms with Crippen molar-refractivity contribution in [2.75, 3.05) is 12.4 Å². The summed E-state index contributed by atoms with van der Waals surface area (Å²) in [6, 6.07) is 13.4. The van der Waals surface area contributed by atoms with Crippen molar-refractivity contribution >= 4 is 11.7 Å². The minimum Gasteiger partial charge on any atom is -0.469 e. The summed E-state index contributed by atoms with van der Waals surface area (Å²) >= 11 is 0. The van der Waals surface area contributed by atoms with E-state index < -0.39 is 5.41 Å². The van der Waals surface area contributed by atoms with Gasteiger partial charge in [0.15, 0.2) is 0 Å². The monoisotopic (exact) mass is 284 g/mol. The Morgan fingerprint density at radius 1 is 1.19 bits per heavy atom. The van der Waals surface area contributed by atoms with Gasteiger partial charge in [0.2, 0.25) is 0 Å². The molecule has 1 heterocycles. The smallest absolute Gasteiger partial charge is 0.313 e. The predicted molar refractivity (Wildman–Crippen MR) is 82.8 cm³/mol. The van der Waals surface area contributed by atoms with Crippen LogP contribution >= 0.6 is 0 Å². The topological polar surface area (TPSA) is 51.2 Å². The summed E-state index contributed by atoms with van der Waals surface area (Å²) in [5.74, 6) is -0.264. The molecule has 0 spiro atoms. The molecular weight excluding hydrogens is 264 g/mol. The van der Waals surface area contributed by atoms with Gasteiger partial charge in [0.1, 0.15) is 0 Å². The summed E-state index contributed by atoms with van der Waals surface area (Å²) in [5, 5.41) is 3.41. The molecular formula is C17H20N2O2. The van der Waals surface area contributed by atoms with E-state index in [1.54, 1.807) is 12.4 Å². The van der Waals surface area contributed by atoms with E-state index >= 15 is 0 Å². The standard InChI is InChI=1S/C17H20N2O2/c1-17(2,16(20)21-3)15(13-8-7-11-18-12-13)19-14-9-5-4-6-10-14/h4-12,15,19H,1-3H3. The highest BCUT2D eigenvalue weighted by molar-refractivity contribution is 5.78. The summed E-state index contributed by atoms with van der Waals surface area (Å²) in [4.78, 5) is 16.3. The first kappa shape index (κ1) is 15.0. The molecule has 1 aromatic carbocycles. The number of carbonyl (C=O) groups excluding carboxylic acids is 1. The molecule has 0 radical (unpaired) electrons. The van der Waals surface area contributed by atoms with Crippen molar-refractivity contribution in [1.29, 1.82) is 0 Å². The van der Waals surface area contributed by atoms with Crippen molar-refractivity contribution in [2.45, 2.75) is 19.9 Å². The number of anilines is 1. The van der Waals surface area contributed by atoms with Crippen LogP contribution in [-0.4, -0.2) is 18.1 Å². The Balaban J connectivity index is 2.38. The van der Waals surface area contributed by atoms with Crippen molar-refractivity contribution < 1.29 is 9.53 Å². The maximum Gasteiger partial charge on any atom is 0.313 e. The molecule has 21 heavy (non-hydrogen) atoms. The number of para-hydroxylation sites is 1. The average Bonchev–Trinajstić information content (AvgIpc) is 2.53. The minimum absolute atomic E-state index is 0.235. The van der Waals surface area contributed by atoms with Gasteiger partial charge < -0.3 is 10.1 Å². The highest BCUT2D eigenvalue weighted by atomic mass is 16.5. The number of hydrogen-bond donors (Lipinski definition) is 1. The molecule has 2 aromatic rings. The molecule has 0 saturated heterocycles. The second-order valence-corrected chi connectivity index (χ2v) is 5.44. The molecule has 0 saturated carbocycles. The van der Waals surface area contributed by atoms with E-state index in [9.17, 15) is 4.79 Å². The summed E-state index contributed by atoms with van der Waals surface area (Å²) < 4.78 is 4.96. The highest BCUT2D eigenvalue weighted by Crippen LogP contribution is 2.37. The molecule has 0 aliphatic heterocycles. The molecule has 0 bridgehead atoms. The van der Waals surface area contributed by atoms with E-state index in [4.69, 9.17) is 4.74 Å². The number of esters is 1. The number of carbonyl (C=O) groups is 1. The van der Waals surface area contributed by atoms with Crippen LogP contribution in [0.3, 0.4) is 0 Å². The Morgan fingerprint density at radius 2 is 1.90 bits per heavy atom. The lowest BCUT2D eigenvalue weighted by atomic mass is 9.80. The molecule has 2 rings (SSSR count). The summed E-state index contributed by atoms with van der Waals surface area (Å²) in [7, 11) is 1.41. The zero-order valence-electron chi connectivity index (χ0n) is 12.5. The van der Waals surface area contributed by atoms with Crippen LogP contribution in [0, 0.1) is 5.41 Å². The molecule has 0 fully saturated rings. The van der Waals surface area contributed by atoms with Gasteiger partial charge in [-0.15, -0.1) is 0 Å². The van der Waals surface area contributed by atoms with Crippen LogP contribution in [0.25, 0.3) is 0 Å². The van der Waals surface area contributed by atoms with Crippen LogP contribution in [0.1, 0.15) is 25.5 Å². The van der Waals surface area contributed by atoms with Gasteiger partial charge in [-0.05, 0) is 37.6 Å². The van der Waals surface area contributed by atoms with E-state index in [1.165, 1.54) is 7.11 Å². The SMILES string of the molecule is COC(=O)C(C)(C)C(Nc1ccccc1)c1cccnc1. The Morgan fingerprint density at radius 3 is 2.48 bits per heavy atom. The Bertz CT molecular complexity index is 582. The Kier molecular flexibility index (Phi) is 4.58. The summed E-state index contributed by atoms with van der Waals surface area (Å²) in [6.45, 7) is 3.74. The first-order valence-electron chi connectivity index (χ1n) is 6.85. The Hall–Kier alpha value is -2.36. The largest absolute Gasteiger partial charge is 0.469 e.